The van der Waals surface area contributed by atoms with Gasteiger partial charge in [-0.2, -0.15) is 0 Å². The van der Waals surface area contributed by atoms with Crippen molar-refractivity contribution in [2.45, 2.75) is 117 Å². The highest BCUT2D eigenvalue weighted by Gasteiger charge is 2.53. The monoisotopic (exact) mass is 567 g/mol. The summed E-state index contributed by atoms with van der Waals surface area (Å²) in [6, 6.07) is -3.95. The van der Waals surface area contributed by atoms with Gasteiger partial charge >= 0.3 is 0 Å². The fourth-order valence-electron chi connectivity index (χ4n) is 5.67. The van der Waals surface area contributed by atoms with E-state index in [0.29, 0.717) is 0 Å². The Morgan fingerprint density at radius 2 is 1.64 bits per heavy atom. The van der Waals surface area contributed by atoms with E-state index in [0.717, 1.165) is 0 Å². The molecule has 4 aliphatic rings. The average molecular weight is 568 g/mol. The van der Waals surface area contributed by atoms with Gasteiger partial charge in [-0.3, -0.25) is 0 Å². The number of nitrogens with one attached hydrogen (secondary N) is 1. The number of hydrogen-bond donors (Lipinski definition) is 10. The average Bonchev–Trinajstić information content (AvgIpc) is 2.87. The minimum absolute atomic E-state index is 0.0464. The first kappa shape index (κ1) is 30.6. The van der Waals surface area contributed by atoms with Crippen LogP contribution in [-0.4, -0.2) is 138 Å². The van der Waals surface area contributed by atoms with Crippen molar-refractivity contribution in [3.05, 3.63) is 0 Å². The third-order valence-electron chi connectivity index (χ3n) is 7.79. The molecule has 0 spiro atoms. The van der Waals surface area contributed by atoms with Gasteiger partial charge in [0.2, 0.25) is 0 Å². The first-order valence-corrected chi connectivity index (χ1v) is 13.0. The van der Waals surface area contributed by atoms with Gasteiger partial charge in [0.25, 0.3) is 0 Å². The number of ether oxygens (including phenoxy) is 5. The van der Waals surface area contributed by atoms with Crippen LogP contribution < -0.4 is 34.0 Å². The molecule has 17 heteroatoms. The predicted octanol–water partition coefficient (Wildman–Crippen LogP) is -5.63. The van der Waals surface area contributed by atoms with Crippen LogP contribution in [0.5, 0.6) is 0 Å². The van der Waals surface area contributed by atoms with Crippen LogP contribution in [0.25, 0.3) is 0 Å². The number of guanidine groups is 1. The van der Waals surface area contributed by atoms with Crippen molar-refractivity contribution in [3.8, 4) is 0 Å². The lowest BCUT2D eigenvalue weighted by molar-refractivity contribution is -0.366. The van der Waals surface area contributed by atoms with Crippen LogP contribution in [0.4, 0.5) is 4.39 Å². The Kier molecular flexibility index (Phi) is 9.96. The van der Waals surface area contributed by atoms with Crippen molar-refractivity contribution >= 4 is 5.96 Å². The molecule has 0 bridgehead atoms. The molecule has 1 saturated carbocycles. The molecule has 3 saturated heterocycles. The van der Waals surface area contributed by atoms with Crippen molar-refractivity contribution in [2.75, 3.05) is 13.7 Å². The van der Waals surface area contributed by atoms with Gasteiger partial charge in [-0.05, 0) is 19.9 Å². The number of nitrogens with two attached hydrogens (primary N) is 5. The van der Waals surface area contributed by atoms with Gasteiger partial charge in [0, 0.05) is 18.5 Å². The number of rotatable bonds is 7. The topological polar surface area (TPSA) is 282 Å². The molecule has 3 heterocycles. The number of aliphatic imine (C=N–C) groups is 1. The molecule has 226 valence electrons. The SMILES string of the molecule is CNC1C(O[C@H]2OC(CO)[C@@H](N=C(N)N)CC2O)O[C@H]2CC(N)[C@@H](O[C@@H]3C(N)C[C@@H](N)C(O)C3F)OC2C1O. The maximum Gasteiger partial charge on any atom is 0.187 e. The molecule has 10 unspecified atom stereocenters. The Bertz CT molecular complexity index is 846. The Labute approximate surface area is 224 Å². The molecule has 0 amide bonds. The van der Waals surface area contributed by atoms with E-state index in [1.807, 2.05) is 0 Å². The van der Waals surface area contributed by atoms with E-state index in [2.05, 4.69) is 10.3 Å². The summed E-state index contributed by atoms with van der Waals surface area (Å²) in [7, 11) is 1.57. The molecule has 16 atom stereocenters. The minimum atomic E-state index is -1.84. The van der Waals surface area contributed by atoms with Gasteiger partial charge in [-0.15, -0.1) is 0 Å². The summed E-state index contributed by atoms with van der Waals surface area (Å²) in [5, 5.41) is 44.5. The number of halogens is 1. The second kappa shape index (κ2) is 12.7. The first-order chi connectivity index (χ1) is 18.4. The van der Waals surface area contributed by atoms with Crippen LogP contribution in [0.15, 0.2) is 4.99 Å². The maximum absolute atomic E-state index is 14.8. The molecule has 15 N–H and O–H groups in total. The lowest BCUT2D eigenvalue weighted by Gasteiger charge is -2.51. The van der Waals surface area contributed by atoms with Gasteiger partial charge in [-0.25, -0.2) is 9.38 Å². The van der Waals surface area contributed by atoms with E-state index in [-0.39, 0.29) is 25.2 Å². The predicted molar refractivity (Wildman–Crippen MR) is 132 cm³/mol. The van der Waals surface area contributed by atoms with Crippen LogP contribution in [0.1, 0.15) is 19.3 Å². The van der Waals surface area contributed by atoms with Crippen molar-refractivity contribution in [3.63, 3.8) is 0 Å². The van der Waals surface area contributed by atoms with Crippen LogP contribution >= 0.6 is 0 Å². The van der Waals surface area contributed by atoms with Gasteiger partial charge in [-0.1, -0.05) is 0 Å². The Hall–Kier alpha value is -1.32. The summed E-state index contributed by atoms with van der Waals surface area (Å²) < 4.78 is 44.2. The number of likely N-dealkylation sites (N-methyl/N-ethyl adjacent to an activating group) is 1. The van der Waals surface area contributed by atoms with Crippen LogP contribution in [0, 0.1) is 0 Å². The van der Waals surface area contributed by atoms with Crippen molar-refractivity contribution in [1.29, 1.82) is 0 Å². The molecule has 39 heavy (non-hydrogen) atoms. The molecule has 4 fully saturated rings. The second-order valence-electron chi connectivity index (χ2n) is 10.6. The normalized spacial score (nSPS) is 50.7. The van der Waals surface area contributed by atoms with Gasteiger partial charge < -0.3 is 78.1 Å². The molecule has 0 aromatic rings. The Morgan fingerprint density at radius 3 is 2.28 bits per heavy atom. The molecule has 16 nitrogen and oxygen atoms in total. The van der Waals surface area contributed by atoms with E-state index in [9.17, 15) is 24.8 Å². The van der Waals surface area contributed by atoms with E-state index in [1.54, 1.807) is 7.05 Å². The Balaban J connectivity index is 1.42. The molecule has 1 aliphatic carbocycles. The third-order valence-corrected chi connectivity index (χ3v) is 7.79. The first-order valence-electron chi connectivity index (χ1n) is 13.0. The summed E-state index contributed by atoms with van der Waals surface area (Å²) in [6.45, 7) is -0.431. The van der Waals surface area contributed by atoms with Gasteiger partial charge in [0.05, 0.1) is 30.8 Å². The number of aliphatic hydroxyl groups excluding tert-OH is 4. The number of fused-ring (bicyclic) bond motifs is 1. The Morgan fingerprint density at radius 1 is 0.923 bits per heavy atom. The van der Waals surface area contributed by atoms with E-state index in [4.69, 9.17) is 52.4 Å². The molecular weight excluding hydrogens is 525 g/mol. The molecule has 0 radical (unpaired) electrons. The van der Waals surface area contributed by atoms with Crippen molar-refractivity contribution < 1.29 is 48.5 Å². The molecular formula is C22H42FN7O9. The van der Waals surface area contributed by atoms with Gasteiger partial charge in [0.15, 0.2) is 31.0 Å². The number of hydrogen-bond acceptors (Lipinski definition) is 14. The molecule has 0 aromatic heterocycles. The molecule has 4 rings (SSSR count). The molecule has 3 aliphatic heterocycles. The summed E-state index contributed by atoms with van der Waals surface area (Å²) in [6.07, 6.45) is -12.6. The standard InChI is InChI=1S/C22H42FN7O9/c1-29-14-16(34)18-11(3-8(26)19(38-18)37-17-7(25)2-6(24)15(33)13(17)23)35-21(14)39-20-10(32)4-9(30-22(27)28)12(5-31)36-20/h6-21,29,31-34H,2-5,24-26H2,1H3,(H4,27,28,30)/t6-,7?,8?,9+,10?,11+,12?,13?,14?,15?,16?,17-,18?,19+,20-,21?/m1/s1. The lowest BCUT2D eigenvalue weighted by atomic mass is 9.85. The summed E-state index contributed by atoms with van der Waals surface area (Å²) in [4.78, 5) is 3.99. The highest BCUT2D eigenvalue weighted by atomic mass is 19.1. The summed E-state index contributed by atoms with van der Waals surface area (Å²) in [5.41, 5.74) is 28.9. The summed E-state index contributed by atoms with van der Waals surface area (Å²) in [5.74, 6) is -0.211. The van der Waals surface area contributed by atoms with Crippen LogP contribution in [-0.2, 0) is 23.7 Å². The summed E-state index contributed by atoms with van der Waals surface area (Å²) >= 11 is 0. The second-order valence-corrected chi connectivity index (χ2v) is 10.6. The maximum atomic E-state index is 14.8. The lowest BCUT2D eigenvalue weighted by Crippen LogP contribution is -2.69. The van der Waals surface area contributed by atoms with Crippen LogP contribution in [0.3, 0.4) is 0 Å². The molecule has 0 aromatic carbocycles. The number of nitrogens with zero attached hydrogens (tertiary/aromatic N) is 1. The fourth-order valence-corrected chi connectivity index (χ4v) is 5.67. The highest BCUT2D eigenvalue weighted by Crippen LogP contribution is 2.36. The number of alkyl halides is 1. The number of aliphatic hydroxyl groups is 4. The van der Waals surface area contributed by atoms with Crippen molar-refractivity contribution in [1.82, 2.24) is 5.32 Å². The fraction of sp³-hybridized carbons (Fsp3) is 0.955. The third kappa shape index (κ3) is 6.45. The van der Waals surface area contributed by atoms with Crippen molar-refractivity contribution in [2.24, 2.45) is 33.7 Å². The highest BCUT2D eigenvalue weighted by molar-refractivity contribution is 5.75. The van der Waals surface area contributed by atoms with E-state index in [1.165, 1.54) is 0 Å². The zero-order valence-electron chi connectivity index (χ0n) is 21.6. The smallest absolute Gasteiger partial charge is 0.187 e. The van der Waals surface area contributed by atoms with Gasteiger partial charge in [0.1, 0.15) is 36.6 Å². The van der Waals surface area contributed by atoms with E-state index < -0.39 is 105 Å². The zero-order chi connectivity index (χ0) is 28.6. The van der Waals surface area contributed by atoms with E-state index >= 15 is 0 Å². The quantitative estimate of drug-likeness (QED) is 0.101. The minimum Gasteiger partial charge on any atom is -0.394 e. The zero-order valence-corrected chi connectivity index (χ0v) is 21.6. The largest absolute Gasteiger partial charge is 0.394 e. The van der Waals surface area contributed by atoms with Crippen LogP contribution in [0.2, 0.25) is 0 Å².